The van der Waals surface area contributed by atoms with Gasteiger partial charge in [-0.2, -0.15) is 0 Å². The summed E-state index contributed by atoms with van der Waals surface area (Å²) < 4.78 is 34.5. The Hall–Kier alpha value is 0.870. The molecule has 0 aliphatic carbocycles. The summed E-state index contributed by atoms with van der Waals surface area (Å²) in [6.45, 7) is 4.38. The van der Waals surface area contributed by atoms with Crippen LogP contribution in [0.3, 0.4) is 0 Å². The SMILES string of the molecule is CCCCCCCCCCC(CC(O)CCCCCCCC)S(=O)(=O)[O-].[Na+]. The topological polar surface area (TPSA) is 77.4 Å². The van der Waals surface area contributed by atoms with E-state index in [2.05, 4.69) is 13.8 Å². The third-order valence-corrected chi connectivity index (χ3v) is 6.46. The largest absolute Gasteiger partial charge is 1.00 e. The molecule has 0 aromatic heterocycles. The summed E-state index contributed by atoms with van der Waals surface area (Å²) in [7, 11) is -4.32. The molecule has 6 heteroatoms. The number of rotatable bonds is 19. The molecule has 0 aromatic carbocycles. The van der Waals surface area contributed by atoms with E-state index in [1.165, 1.54) is 57.8 Å². The smallest absolute Gasteiger partial charge is 0.748 e. The molecule has 158 valence electrons. The fourth-order valence-electron chi connectivity index (χ4n) is 3.47. The fraction of sp³-hybridized carbons (Fsp3) is 1.00. The van der Waals surface area contributed by atoms with Gasteiger partial charge in [0.1, 0.15) is 0 Å². The standard InChI is InChI=1S/C21H44O4S.Na/c1-3-5-7-9-11-12-14-16-18-21(26(23,24)25)19-20(22)17-15-13-10-8-6-4-2;/h20-22H,3-19H2,1-2H3,(H,23,24,25);/q;+1/p-1. The van der Waals surface area contributed by atoms with Crippen molar-refractivity contribution in [1.29, 1.82) is 0 Å². The van der Waals surface area contributed by atoms with E-state index in [-0.39, 0.29) is 36.0 Å². The van der Waals surface area contributed by atoms with Gasteiger partial charge in [0.05, 0.1) is 21.5 Å². The molecule has 1 N–H and O–H groups in total. The van der Waals surface area contributed by atoms with Gasteiger partial charge in [-0.3, -0.25) is 0 Å². The van der Waals surface area contributed by atoms with E-state index < -0.39 is 21.5 Å². The summed E-state index contributed by atoms with van der Waals surface area (Å²) in [6.07, 6.45) is 16.4. The van der Waals surface area contributed by atoms with Crippen molar-refractivity contribution in [1.82, 2.24) is 0 Å². The quantitative estimate of drug-likeness (QED) is 0.200. The van der Waals surface area contributed by atoms with Crippen molar-refractivity contribution >= 4 is 10.1 Å². The summed E-state index contributed by atoms with van der Waals surface area (Å²) >= 11 is 0. The predicted octanol–water partition coefficient (Wildman–Crippen LogP) is 2.94. The zero-order valence-electron chi connectivity index (χ0n) is 18.3. The Morgan fingerprint density at radius 3 is 1.48 bits per heavy atom. The third-order valence-electron chi connectivity index (χ3n) is 5.21. The Morgan fingerprint density at radius 1 is 0.704 bits per heavy atom. The van der Waals surface area contributed by atoms with Gasteiger partial charge in [-0.1, -0.05) is 104 Å². The number of aliphatic hydroxyl groups excluding tert-OH is 1. The van der Waals surface area contributed by atoms with E-state index in [9.17, 15) is 18.1 Å². The molecule has 0 rings (SSSR count). The molecule has 0 saturated heterocycles. The Balaban J connectivity index is 0. The van der Waals surface area contributed by atoms with E-state index >= 15 is 0 Å². The van der Waals surface area contributed by atoms with Crippen molar-refractivity contribution in [2.45, 2.75) is 134 Å². The monoisotopic (exact) mass is 414 g/mol. The van der Waals surface area contributed by atoms with Gasteiger partial charge in [0.2, 0.25) is 0 Å². The molecule has 2 atom stereocenters. The maximum absolute atomic E-state index is 11.5. The molecule has 0 amide bonds. The maximum Gasteiger partial charge on any atom is 1.00 e. The van der Waals surface area contributed by atoms with E-state index in [4.69, 9.17) is 0 Å². The molecule has 2 unspecified atom stereocenters. The van der Waals surface area contributed by atoms with Crippen LogP contribution >= 0.6 is 0 Å². The predicted molar refractivity (Wildman–Crippen MR) is 109 cm³/mol. The average molecular weight is 415 g/mol. The van der Waals surface area contributed by atoms with Gasteiger partial charge in [-0.05, 0) is 19.3 Å². The Labute approximate surface area is 191 Å². The molecule has 0 aliphatic heterocycles. The molecule has 27 heavy (non-hydrogen) atoms. The van der Waals surface area contributed by atoms with Gasteiger partial charge in [0, 0.05) is 0 Å². The molecule has 0 aromatic rings. The van der Waals surface area contributed by atoms with Crippen LogP contribution in [-0.4, -0.2) is 29.4 Å². The first-order valence-corrected chi connectivity index (χ1v) is 12.5. The minimum absolute atomic E-state index is 0. The van der Waals surface area contributed by atoms with Gasteiger partial charge in [0.25, 0.3) is 0 Å². The molecule has 4 nitrogen and oxygen atoms in total. The minimum atomic E-state index is -4.32. The molecule has 0 saturated carbocycles. The zero-order valence-corrected chi connectivity index (χ0v) is 21.1. The van der Waals surface area contributed by atoms with Crippen LogP contribution in [0.5, 0.6) is 0 Å². The van der Waals surface area contributed by atoms with E-state index in [1.807, 2.05) is 0 Å². The van der Waals surface area contributed by atoms with Crippen molar-refractivity contribution < 1.29 is 47.6 Å². The normalized spacial score (nSPS) is 13.9. The average Bonchev–Trinajstić information content (AvgIpc) is 2.58. The summed E-state index contributed by atoms with van der Waals surface area (Å²) in [6, 6.07) is 0. The van der Waals surface area contributed by atoms with Crippen LogP contribution in [-0.2, 0) is 10.1 Å². The number of unbranched alkanes of at least 4 members (excludes halogenated alkanes) is 12. The molecule has 0 radical (unpaired) electrons. The summed E-state index contributed by atoms with van der Waals surface area (Å²) in [5.41, 5.74) is 0. The van der Waals surface area contributed by atoms with Crippen LogP contribution in [0.1, 0.15) is 123 Å². The Morgan fingerprint density at radius 2 is 1.07 bits per heavy atom. The first kappa shape index (κ1) is 30.1. The van der Waals surface area contributed by atoms with E-state index in [0.29, 0.717) is 12.8 Å². The van der Waals surface area contributed by atoms with Crippen molar-refractivity contribution in [3.63, 3.8) is 0 Å². The van der Waals surface area contributed by atoms with Gasteiger partial charge < -0.3 is 9.66 Å². The molecular weight excluding hydrogens is 371 g/mol. The second kappa shape index (κ2) is 20.2. The van der Waals surface area contributed by atoms with Crippen LogP contribution in [0.4, 0.5) is 0 Å². The minimum Gasteiger partial charge on any atom is -0.748 e. The Bertz CT molecular complexity index is 401. The zero-order chi connectivity index (χ0) is 19.7. The fourth-order valence-corrected chi connectivity index (χ4v) is 4.38. The van der Waals surface area contributed by atoms with Crippen LogP contribution < -0.4 is 29.6 Å². The molecular formula is C21H43NaO4S. The second-order valence-corrected chi connectivity index (χ2v) is 9.48. The van der Waals surface area contributed by atoms with Crippen LogP contribution in [0.25, 0.3) is 0 Å². The Kier molecular flexibility index (Phi) is 22.4. The van der Waals surface area contributed by atoms with E-state index in [0.717, 1.165) is 32.1 Å². The molecule has 0 bridgehead atoms. The van der Waals surface area contributed by atoms with Crippen molar-refractivity contribution in [2.24, 2.45) is 0 Å². The van der Waals surface area contributed by atoms with Crippen LogP contribution in [0.2, 0.25) is 0 Å². The van der Waals surface area contributed by atoms with Crippen molar-refractivity contribution in [2.75, 3.05) is 0 Å². The number of hydrogen-bond donors (Lipinski definition) is 1. The summed E-state index contributed by atoms with van der Waals surface area (Å²) in [5, 5.41) is 9.19. The van der Waals surface area contributed by atoms with Crippen molar-refractivity contribution in [3.8, 4) is 0 Å². The van der Waals surface area contributed by atoms with Gasteiger partial charge in [-0.15, -0.1) is 0 Å². The first-order chi connectivity index (χ1) is 12.4. The van der Waals surface area contributed by atoms with Crippen LogP contribution in [0, 0.1) is 0 Å². The van der Waals surface area contributed by atoms with Crippen molar-refractivity contribution in [3.05, 3.63) is 0 Å². The maximum atomic E-state index is 11.5. The molecule has 0 fully saturated rings. The van der Waals surface area contributed by atoms with E-state index in [1.54, 1.807) is 0 Å². The van der Waals surface area contributed by atoms with Gasteiger partial charge in [0.15, 0.2) is 0 Å². The summed E-state index contributed by atoms with van der Waals surface area (Å²) in [4.78, 5) is 0. The first-order valence-electron chi connectivity index (χ1n) is 11.0. The second-order valence-electron chi connectivity index (χ2n) is 7.82. The van der Waals surface area contributed by atoms with Crippen LogP contribution in [0.15, 0.2) is 0 Å². The van der Waals surface area contributed by atoms with Gasteiger partial charge in [-0.25, -0.2) is 8.42 Å². The van der Waals surface area contributed by atoms with Gasteiger partial charge >= 0.3 is 29.6 Å². The molecule has 0 heterocycles. The number of aliphatic hydroxyl groups is 1. The summed E-state index contributed by atoms with van der Waals surface area (Å²) in [5.74, 6) is 0. The molecule has 0 spiro atoms. The molecule has 0 aliphatic rings. The number of hydrogen-bond acceptors (Lipinski definition) is 4. The third kappa shape index (κ3) is 19.9.